The fraction of sp³-hybridized carbons (Fsp3) is 0.538. The lowest BCUT2D eigenvalue weighted by molar-refractivity contribution is 0.373. The molecule has 6 heteroatoms. The lowest BCUT2D eigenvalue weighted by Crippen LogP contribution is -2.22. The highest BCUT2D eigenvalue weighted by Crippen LogP contribution is 2.26. The SMILES string of the molecule is O=S(=O)(CC1CCCCC1)Oc1ccc(F)cc1F. The van der Waals surface area contributed by atoms with Gasteiger partial charge in [-0.15, -0.1) is 0 Å². The number of halogens is 2. The van der Waals surface area contributed by atoms with Crippen LogP contribution in [0, 0.1) is 17.6 Å². The van der Waals surface area contributed by atoms with Gasteiger partial charge in [-0.3, -0.25) is 0 Å². The summed E-state index contributed by atoms with van der Waals surface area (Å²) < 4.78 is 54.4. The molecule has 0 heterocycles. The Morgan fingerprint density at radius 2 is 1.84 bits per heavy atom. The molecule has 0 spiro atoms. The van der Waals surface area contributed by atoms with Crippen molar-refractivity contribution in [3.8, 4) is 5.75 Å². The predicted octanol–water partition coefficient (Wildman–Crippen LogP) is 3.25. The smallest absolute Gasteiger partial charge is 0.309 e. The number of rotatable bonds is 4. The highest BCUT2D eigenvalue weighted by atomic mass is 32.2. The Morgan fingerprint density at radius 1 is 1.16 bits per heavy atom. The molecule has 3 nitrogen and oxygen atoms in total. The van der Waals surface area contributed by atoms with Gasteiger partial charge in [0.25, 0.3) is 0 Å². The van der Waals surface area contributed by atoms with Crippen molar-refractivity contribution in [2.75, 3.05) is 5.75 Å². The van der Waals surface area contributed by atoms with Crippen molar-refractivity contribution < 1.29 is 21.4 Å². The van der Waals surface area contributed by atoms with Crippen LogP contribution in [0.4, 0.5) is 8.78 Å². The zero-order valence-electron chi connectivity index (χ0n) is 10.4. The van der Waals surface area contributed by atoms with E-state index in [1.165, 1.54) is 0 Å². The van der Waals surface area contributed by atoms with E-state index in [9.17, 15) is 17.2 Å². The van der Waals surface area contributed by atoms with Gasteiger partial charge in [0.05, 0.1) is 5.75 Å². The van der Waals surface area contributed by atoms with Gasteiger partial charge in [-0.05, 0) is 30.9 Å². The summed E-state index contributed by atoms with van der Waals surface area (Å²) in [5, 5.41) is 0. The Balaban J connectivity index is 2.03. The van der Waals surface area contributed by atoms with Gasteiger partial charge in [0.2, 0.25) is 0 Å². The van der Waals surface area contributed by atoms with Gasteiger partial charge in [-0.25, -0.2) is 8.78 Å². The van der Waals surface area contributed by atoms with Gasteiger partial charge in [0.15, 0.2) is 11.6 Å². The third-order valence-corrected chi connectivity index (χ3v) is 4.59. The zero-order chi connectivity index (χ0) is 13.9. The van der Waals surface area contributed by atoms with Crippen LogP contribution in [0.3, 0.4) is 0 Å². The first-order chi connectivity index (χ1) is 8.96. The van der Waals surface area contributed by atoms with Crippen molar-refractivity contribution in [2.45, 2.75) is 32.1 Å². The molecular formula is C13H16F2O3S. The monoisotopic (exact) mass is 290 g/mol. The lowest BCUT2D eigenvalue weighted by atomic mass is 9.91. The fourth-order valence-electron chi connectivity index (χ4n) is 2.36. The standard InChI is InChI=1S/C13H16F2O3S/c14-11-6-7-13(12(15)8-11)18-19(16,17)9-10-4-2-1-3-5-10/h6-8,10H,1-5,9H2. The number of hydrogen-bond acceptors (Lipinski definition) is 3. The molecule has 1 aromatic carbocycles. The van der Waals surface area contributed by atoms with E-state index < -0.39 is 27.5 Å². The van der Waals surface area contributed by atoms with E-state index in [-0.39, 0.29) is 11.7 Å². The fourth-order valence-corrected chi connectivity index (χ4v) is 3.74. The quantitative estimate of drug-likeness (QED) is 0.799. The largest absolute Gasteiger partial charge is 0.379 e. The van der Waals surface area contributed by atoms with Gasteiger partial charge < -0.3 is 4.18 Å². The zero-order valence-corrected chi connectivity index (χ0v) is 11.3. The van der Waals surface area contributed by atoms with E-state index in [1.807, 2.05) is 0 Å². The molecule has 1 fully saturated rings. The minimum Gasteiger partial charge on any atom is -0.379 e. The normalized spacial score (nSPS) is 17.4. The average molecular weight is 290 g/mol. The van der Waals surface area contributed by atoms with Crippen LogP contribution >= 0.6 is 0 Å². The van der Waals surface area contributed by atoms with Crippen molar-refractivity contribution in [1.82, 2.24) is 0 Å². The maximum atomic E-state index is 13.3. The van der Waals surface area contributed by atoms with Gasteiger partial charge in [-0.1, -0.05) is 19.3 Å². The average Bonchev–Trinajstić information content (AvgIpc) is 2.33. The van der Waals surface area contributed by atoms with Gasteiger partial charge >= 0.3 is 10.1 Å². The first-order valence-corrected chi connectivity index (χ1v) is 7.91. The van der Waals surface area contributed by atoms with Gasteiger partial charge in [-0.2, -0.15) is 8.42 Å². The predicted molar refractivity (Wildman–Crippen MR) is 67.3 cm³/mol. The van der Waals surface area contributed by atoms with E-state index in [0.29, 0.717) is 6.07 Å². The van der Waals surface area contributed by atoms with E-state index in [4.69, 9.17) is 4.18 Å². The molecule has 0 bridgehead atoms. The molecule has 1 aromatic rings. The second kappa shape index (κ2) is 5.86. The number of hydrogen-bond donors (Lipinski definition) is 0. The maximum absolute atomic E-state index is 13.3. The second-order valence-corrected chi connectivity index (χ2v) is 6.50. The summed E-state index contributed by atoms with van der Waals surface area (Å²) in [6.45, 7) is 0. The summed E-state index contributed by atoms with van der Waals surface area (Å²) in [5.41, 5.74) is 0. The van der Waals surface area contributed by atoms with Crippen LogP contribution < -0.4 is 4.18 Å². The summed E-state index contributed by atoms with van der Waals surface area (Å²) in [5.74, 6) is -2.26. The molecule has 1 aliphatic carbocycles. The van der Waals surface area contributed by atoms with Crippen LogP contribution in [0.1, 0.15) is 32.1 Å². The Morgan fingerprint density at radius 3 is 2.47 bits per heavy atom. The van der Waals surface area contributed by atoms with E-state index in [0.717, 1.165) is 44.2 Å². The van der Waals surface area contributed by atoms with Crippen LogP contribution in [0.25, 0.3) is 0 Å². The molecule has 1 aliphatic rings. The van der Waals surface area contributed by atoms with Crippen LogP contribution in [0.5, 0.6) is 5.75 Å². The maximum Gasteiger partial charge on any atom is 0.309 e. The van der Waals surface area contributed by atoms with Crippen molar-refractivity contribution in [3.63, 3.8) is 0 Å². The van der Waals surface area contributed by atoms with Crippen molar-refractivity contribution in [3.05, 3.63) is 29.8 Å². The van der Waals surface area contributed by atoms with Crippen molar-refractivity contribution >= 4 is 10.1 Å². The van der Waals surface area contributed by atoms with Crippen LogP contribution in [0.15, 0.2) is 18.2 Å². The lowest BCUT2D eigenvalue weighted by Gasteiger charge is -2.21. The third-order valence-electron chi connectivity index (χ3n) is 3.28. The van der Waals surface area contributed by atoms with Gasteiger partial charge in [0.1, 0.15) is 5.82 Å². The van der Waals surface area contributed by atoms with E-state index >= 15 is 0 Å². The van der Waals surface area contributed by atoms with Crippen molar-refractivity contribution in [2.24, 2.45) is 5.92 Å². The molecule has 106 valence electrons. The molecule has 0 radical (unpaired) electrons. The molecule has 0 atom stereocenters. The highest BCUT2D eigenvalue weighted by molar-refractivity contribution is 7.87. The minimum absolute atomic E-state index is 0.0715. The summed E-state index contributed by atoms with van der Waals surface area (Å²) in [6.07, 6.45) is 4.88. The summed E-state index contributed by atoms with van der Waals surface area (Å²) >= 11 is 0. The number of benzene rings is 1. The van der Waals surface area contributed by atoms with E-state index in [1.54, 1.807) is 0 Å². The first-order valence-electron chi connectivity index (χ1n) is 6.33. The molecule has 0 aromatic heterocycles. The summed E-state index contributed by atoms with van der Waals surface area (Å²) in [7, 11) is -3.83. The van der Waals surface area contributed by atoms with Crippen LogP contribution in [-0.4, -0.2) is 14.2 Å². The molecule has 0 amide bonds. The molecule has 2 rings (SSSR count). The molecule has 0 unspecified atom stereocenters. The van der Waals surface area contributed by atoms with Crippen LogP contribution in [0.2, 0.25) is 0 Å². The second-order valence-electron chi connectivity index (χ2n) is 4.89. The molecule has 1 saturated carbocycles. The Labute approximate surface area is 111 Å². The first kappa shape index (κ1) is 14.2. The summed E-state index contributed by atoms with van der Waals surface area (Å²) in [4.78, 5) is 0. The molecule has 0 aliphatic heterocycles. The Hall–Kier alpha value is -1.17. The Bertz CT molecular complexity index is 537. The summed E-state index contributed by atoms with van der Waals surface area (Å²) in [6, 6.07) is 2.56. The minimum atomic E-state index is -3.83. The van der Waals surface area contributed by atoms with E-state index in [2.05, 4.69) is 0 Å². The van der Waals surface area contributed by atoms with Crippen LogP contribution in [-0.2, 0) is 10.1 Å². The molecule has 0 saturated heterocycles. The van der Waals surface area contributed by atoms with Gasteiger partial charge in [0, 0.05) is 6.07 Å². The topological polar surface area (TPSA) is 43.4 Å². The third kappa shape index (κ3) is 4.16. The highest BCUT2D eigenvalue weighted by Gasteiger charge is 2.23. The Kier molecular flexibility index (Phi) is 4.39. The van der Waals surface area contributed by atoms with Crippen molar-refractivity contribution in [1.29, 1.82) is 0 Å². The molecule has 0 N–H and O–H groups in total. The molecule has 19 heavy (non-hydrogen) atoms. The molecular weight excluding hydrogens is 274 g/mol.